The van der Waals surface area contributed by atoms with Crippen molar-refractivity contribution in [2.24, 2.45) is 17.9 Å². The van der Waals surface area contributed by atoms with Crippen molar-refractivity contribution in [3.05, 3.63) is 52.6 Å². The molecule has 2 atom stereocenters. The average Bonchev–Trinajstić information content (AvgIpc) is 2.99. The Morgan fingerprint density at radius 3 is 2.67 bits per heavy atom. The Labute approximate surface area is 194 Å². The lowest BCUT2D eigenvalue weighted by atomic mass is 9.68. The van der Waals surface area contributed by atoms with Gasteiger partial charge in [0.2, 0.25) is 0 Å². The van der Waals surface area contributed by atoms with Crippen LogP contribution in [-0.4, -0.2) is 36.0 Å². The van der Waals surface area contributed by atoms with Gasteiger partial charge >= 0.3 is 5.69 Å². The minimum absolute atomic E-state index is 0.0136. The van der Waals surface area contributed by atoms with Gasteiger partial charge in [0.25, 0.3) is 5.91 Å². The fourth-order valence-corrected chi connectivity index (χ4v) is 4.76. The normalized spacial score (nSPS) is 20.7. The molecule has 3 aromatic rings. The second kappa shape index (κ2) is 8.39. The molecule has 8 heteroatoms. The molecule has 1 aliphatic rings. The SMILES string of the molecule is Cn1c(=O)n(CC(C)(C)C)c2ccc(C3CCC(C)(C)C(NC(=O)c4cnccn4)C3)nc21. The summed E-state index contributed by atoms with van der Waals surface area (Å²) in [6, 6.07) is 4.06. The third-order valence-electron chi connectivity index (χ3n) is 6.75. The van der Waals surface area contributed by atoms with Crippen LogP contribution >= 0.6 is 0 Å². The highest BCUT2D eigenvalue weighted by atomic mass is 16.2. The van der Waals surface area contributed by atoms with Crippen molar-refractivity contribution in [3.63, 3.8) is 0 Å². The number of pyridine rings is 1. The van der Waals surface area contributed by atoms with E-state index in [2.05, 4.69) is 49.9 Å². The highest BCUT2D eigenvalue weighted by Crippen LogP contribution is 2.42. The van der Waals surface area contributed by atoms with E-state index in [1.807, 2.05) is 16.7 Å². The molecule has 1 N–H and O–H groups in total. The van der Waals surface area contributed by atoms with Gasteiger partial charge in [0, 0.05) is 43.6 Å². The lowest BCUT2D eigenvalue weighted by molar-refractivity contribution is 0.0831. The monoisotopic (exact) mass is 450 g/mol. The second-order valence-corrected chi connectivity index (χ2v) is 11.1. The van der Waals surface area contributed by atoms with Gasteiger partial charge < -0.3 is 5.32 Å². The Bertz CT molecular complexity index is 1220. The first-order chi connectivity index (χ1) is 15.5. The molecule has 176 valence electrons. The predicted octanol–water partition coefficient (Wildman–Crippen LogP) is 3.66. The van der Waals surface area contributed by atoms with Gasteiger partial charge in [0.1, 0.15) is 5.69 Å². The van der Waals surface area contributed by atoms with Gasteiger partial charge in [0.15, 0.2) is 5.65 Å². The first-order valence-corrected chi connectivity index (χ1v) is 11.6. The van der Waals surface area contributed by atoms with Crippen LogP contribution in [0.4, 0.5) is 0 Å². The summed E-state index contributed by atoms with van der Waals surface area (Å²) in [5.41, 5.74) is 2.78. The number of aromatic nitrogens is 5. The summed E-state index contributed by atoms with van der Waals surface area (Å²) in [5, 5.41) is 3.18. The number of rotatable bonds is 4. The van der Waals surface area contributed by atoms with E-state index < -0.39 is 0 Å². The molecule has 1 saturated carbocycles. The van der Waals surface area contributed by atoms with E-state index in [0.29, 0.717) is 17.9 Å². The van der Waals surface area contributed by atoms with Crippen LogP contribution in [0, 0.1) is 10.8 Å². The lowest BCUT2D eigenvalue weighted by Crippen LogP contribution is -2.48. The smallest absolute Gasteiger partial charge is 0.330 e. The Kier molecular flexibility index (Phi) is 5.88. The van der Waals surface area contributed by atoms with Gasteiger partial charge in [-0.15, -0.1) is 0 Å². The minimum atomic E-state index is -0.202. The van der Waals surface area contributed by atoms with Crippen molar-refractivity contribution in [3.8, 4) is 0 Å². The molecule has 0 bridgehead atoms. The first kappa shape index (κ1) is 23.1. The molecular weight excluding hydrogens is 416 g/mol. The van der Waals surface area contributed by atoms with Gasteiger partial charge in [-0.3, -0.25) is 18.9 Å². The van der Waals surface area contributed by atoms with Crippen LogP contribution in [0.2, 0.25) is 0 Å². The van der Waals surface area contributed by atoms with Crippen molar-refractivity contribution < 1.29 is 4.79 Å². The maximum absolute atomic E-state index is 12.9. The van der Waals surface area contributed by atoms with Crippen LogP contribution in [-0.2, 0) is 13.6 Å². The van der Waals surface area contributed by atoms with Crippen molar-refractivity contribution in [2.45, 2.75) is 72.4 Å². The number of nitrogens with zero attached hydrogens (tertiary/aromatic N) is 5. The third kappa shape index (κ3) is 4.70. The number of imidazole rings is 1. The number of nitrogens with one attached hydrogen (secondary N) is 1. The Balaban J connectivity index is 1.61. The largest absolute Gasteiger partial charge is 0.347 e. The van der Waals surface area contributed by atoms with Crippen LogP contribution in [0.15, 0.2) is 35.5 Å². The molecule has 1 fully saturated rings. The molecular formula is C25H34N6O2. The molecule has 0 spiro atoms. The topological polar surface area (TPSA) is 94.7 Å². The zero-order valence-corrected chi connectivity index (χ0v) is 20.4. The summed E-state index contributed by atoms with van der Waals surface area (Å²) in [4.78, 5) is 38.7. The number of aryl methyl sites for hydroxylation is 1. The maximum atomic E-state index is 12.9. The number of hydrogen-bond acceptors (Lipinski definition) is 5. The van der Waals surface area contributed by atoms with E-state index in [4.69, 9.17) is 4.98 Å². The molecule has 33 heavy (non-hydrogen) atoms. The minimum Gasteiger partial charge on any atom is -0.347 e. The Morgan fingerprint density at radius 2 is 2.00 bits per heavy atom. The molecule has 3 heterocycles. The highest BCUT2D eigenvalue weighted by molar-refractivity contribution is 5.92. The summed E-state index contributed by atoms with van der Waals surface area (Å²) in [5.74, 6) is 0.00235. The molecule has 4 rings (SSSR count). The fourth-order valence-electron chi connectivity index (χ4n) is 4.76. The van der Waals surface area contributed by atoms with E-state index in [9.17, 15) is 9.59 Å². The second-order valence-electron chi connectivity index (χ2n) is 11.1. The molecule has 8 nitrogen and oxygen atoms in total. The standard InChI is InChI=1S/C25H34N6O2/c1-24(2,3)15-31-19-8-7-17(28-21(19)30(6)23(31)33)16-9-10-25(4,5)20(13-16)29-22(32)18-14-26-11-12-27-18/h7-8,11-12,14,16,20H,9-10,13,15H2,1-6H3,(H,29,32). The van der Waals surface area contributed by atoms with Crippen LogP contribution in [0.3, 0.4) is 0 Å². The van der Waals surface area contributed by atoms with E-state index >= 15 is 0 Å². The lowest BCUT2D eigenvalue weighted by Gasteiger charge is -2.42. The molecule has 3 aromatic heterocycles. The van der Waals surface area contributed by atoms with Gasteiger partial charge in [-0.1, -0.05) is 34.6 Å². The molecule has 0 aliphatic heterocycles. The first-order valence-electron chi connectivity index (χ1n) is 11.6. The zero-order chi connectivity index (χ0) is 24.0. The number of carbonyl (C=O) groups is 1. The summed E-state index contributed by atoms with van der Waals surface area (Å²) in [6.07, 6.45) is 7.31. The third-order valence-corrected chi connectivity index (χ3v) is 6.75. The number of hydrogen-bond donors (Lipinski definition) is 1. The zero-order valence-electron chi connectivity index (χ0n) is 20.4. The molecule has 2 unspecified atom stereocenters. The number of amides is 1. The predicted molar refractivity (Wildman–Crippen MR) is 128 cm³/mol. The molecule has 0 aromatic carbocycles. The van der Waals surface area contributed by atoms with E-state index in [0.717, 1.165) is 30.5 Å². The summed E-state index contributed by atoms with van der Waals surface area (Å²) >= 11 is 0. The molecule has 1 aliphatic carbocycles. The van der Waals surface area contributed by atoms with Crippen molar-refractivity contribution in [1.29, 1.82) is 0 Å². The molecule has 0 radical (unpaired) electrons. The fraction of sp³-hybridized carbons (Fsp3) is 0.560. The highest BCUT2D eigenvalue weighted by Gasteiger charge is 2.38. The van der Waals surface area contributed by atoms with E-state index in [1.165, 1.54) is 12.4 Å². The van der Waals surface area contributed by atoms with Crippen LogP contribution in [0.1, 0.15) is 76.0 Å². The quantitative estimate of drug-likeness (QED) is 0.655. The summed E-state index contributed by atoms with van der Waals surface area (Å²) < 4.78 is 3.46. The van der Waals surface area contributed by atoms with Crippen LogP contribution in [0.5, 0.6) is 0 Å². The van der Waals surface area contributed by atoms with Crippen LogP contribution < -0.4 is 11.0 Å². The number of fused-ring (bicyclic) bond motifs is 1. The summed E-state index contributed by atoms with van der Waals surface area (Å²) in [7, 11) is 1.79. The van der Waals surface area contributed by atoms with E-state index in [1.54, 1.807) is 17.8 Å². The van der Waals surface area contributed by atoms with Gasteiger partial charge in [-0.25, -0.2) is 14.8 Å². The van der Waals surface area contributed by atoms with Gasteiger partial charge in [-0.05, 0) is 42.2 Å². The van der Waals surface area contributed by atoms with Crippen molar-refractivity contribution >= 4 is 17.1 Å². The van der Waals surface area contributed by atoms with Gasteiger partial charge in [0.05, 0.1) is 11.7 Å². The Hall–Kier alpha value is -3.03. The van der Waals surface area contributed by atoms with Crippen LogP contribution in [0.25, 0.3) is 11.2 Å². The van der Waals surface area contributed by atoms with Gasteiger partial charge in [-0.2, -0.15) is 0 Å². The maximum Gasteiger partial charge on any atom is 0.330 e. The average molecular weight is 451 g/mol. The van der Waals surface area contributed by atoms with Crippen molar-refractivity contribution in [1.82, 2.24) is 29.4 Å². The summed E-state index contributed by atoms with van der Waals surface area (Å²) in [6.45, 7) is 11.4. The molecule has 1 amide bonds. The molecule has 0 saturated heterocycles. The Morgan fingerprint density at radius 1 is 1.24 bits per heavy atom. The van der Waals surface area contributed by atoms with Crippen molar-refractivity contribution in [2.75, 3.05) is 0 Å². The number of carbonyl (C=O) groups excluding carboxylic acids is 1. The van der Waals surface area contributed by atoms with E-state index in [-0.39, 0.29) is 34.4 Å².